The molecule has 2 heterocycles. The van der Waals surface area contributed by atoms with Crippen LogP contribution in [0.1, 0.15) is 19.8 Å². The van der Waals surface area contributed by atoms with Crippen LogP contribution in [0.2, 0.25) is 0 Å². The molecule has 1 aromatic heterocycles. The lowest BCUT2D eigenvalue weighted by Crippen LogP contribution is -2.40. The van der Waals surface area contributed by atoms with Crippen LogP contribution in [0, 0.1) is 16.0 Å². The standard InChI is InChI=1S/C19H23N5O5/c1-3-29-19(25)13-6-5-9-23(11-13)18-16(24(26)27)17(20-12-21-18)22-14-7-4-8-15(10-14)28-2/h4,7-8,10,12-13H,3,5-6,9,11H2,1-2H3,(H,20,21,22). The molecule has 3 rings (SSSR count). The first kappa shape index (κ1) is 20.3. The molecule has 10 nitrogen and oxygen atoms in total. The number of nitrogens with zero attached hydrogens (tertiary/aromatic N) is 4. The number of anilines is 3. The zero-order chi connectivity index (χ0) is 20.8. The minimum atomic E-state index is -0.508. The van der Waals surface area contributed by atoms with Gasteiger partial charge in [-0.3, -0.25) is 14.9 Å². The lowest BCUT2D eigenvalue weighted by Gasteiger charge is -2.32. The summed E-state index contributed by atoms with van der Waals surface area (Å²) in [4.78, 5) is 33.4. The van der Waals surface area contributed by atoms with Crippen molar-refractivity contribution in [2.45, 2.75) is 19.8 Å². The third kappa shape index (κ3) is 4.71. The molecule has 0 radical (unpaired) electrons. The molecule has 10 heteroatoms. The smallest absolute Gasteiger partial charge is 0.353 e. The second kappa shape index (κ2) is 9.18. The fraction of sp³-hybridized carbons (Fsp3) is 0.421. The Labute approximate surface area is 168 Å². The van der Waals surface area contributed by atoms with E-state index in [1.165, 1.54) is 6.33 Å². The molecule has 0 amide bonds. The van der Waals surface area contributed by atoms with Crippen molar-refractivity contribution in [2.24, 2.45) is 5.92 Å². The van der Waals surface area contributed by atoms with E-state index < -0.39 is 4.92 Å². The highest BCUT2D eigenvalue weighted by atomic mass is 16.6. The molecule has 0 saturated carbocycles. The Morgan fingerprint density at radius 1 is 1.41 bits per heavy atom. The molecule has 154 valence electrons. The number of rotatable bonds is 7. The maximum absolute atomic E-state index is 12.1. The number of carbonyl (C=O) groups excluding carboxylic acids is 1. The highest BCUT2D eigenvalue weighted by Gasteiger charge is 2.33. The number of esters is 1. The highest BCUT2D eigenvalue weighted by molar-refractivity contribution is 5.77. The van der Waals surface area contributed by atoms with Crippen molar-refractivity contribution in [1.29, 1.82) is 0 Å². The summed E-state index contributed by atoms with van der Waals surface area (Å²) in [7, 11) is 1.54. The minimum Gasteiger partial charge on any atom is -0.497 e. The monoisotopic (exact) mass is 401 g/mol. The fourth-order valence-electron chi connectivity index (χ4n) is 3.32. The zero-order valence-electron chi connectivity index (χ0n) is 16.3. The molecular weight excluding hydrogens is 378 g/mol. The van der Waals surface area contributed by atoms with Crippen molar-refractivity contribution in [1.82, 2.24) is 9.97 Å². The van der Waals surface area contributed by atoms with Crippen molar-refractivity contribution in [2.75, 3.05) is 37.0 Å². The average Bonchev–Trinajstić information content (AvgIpc) is 2.74. The number of aromatic nitrogens is 2. The van der Waals surface area contributed by atoms with E-state index in [-0.39, 0.29) is 29.2 Å². The SMILES string of the molecule is CCOC(=O)C1CCCN(c2ncnc(Nc3cccc(OC)c3)c2[N+](=O)[O-])C1. The quantitative estimate of drug-likeness (QED) is 0.424. The Bertz CT molecular complexity index is 891. The third-order valence-corrected chi connectivity index (χ3v) is 4.66. The van der Waals surface area contributed by atoms with Gasteiger partial charge in [0.15, 0.2) is 0 Å². The summed E-state index contributed by atoms with van der Waals surface area (Å²) in [5, 5.41) is 14.8. The first-order chi connectivity index (χ1) is 14.0. The van der Waals surface area contributed by atoms with E-state index in [4.69, 9.17) is 9.47 Å². The van der Waals surface area contributed by atoms with E-state index >= 15 is 0 Å². The van der Waals surface area contributed by atoms with Crippen LogP contribution in [0.5, 0.6) is 5.75 Å². The summed E-state index contributed by atoms with van der Waals surface area (Å²) in [6.45, 7) is 2.93. The van der Waals surface area contributed by atoms with Crippen LogP contribution in [-0.2, 0) is 9.53 Å². The zero-order valence-corrected chi connectivity index (χ0v) is 16.3. The summed E-state index contributed by atoms with van der Waals surface area (Å²) in [6, 6.07) is 7.01. The minimum absolute atomic E-state index is 0.0755. The highest BCUT2D eigenvalue weighted by Crippen LogP contribution is 2.36. The molecular formula is C19H23N5O5. The lowest BCUT2D eigenvalue weighted by molar-refractivity contribution is -0.383. The predicted molar refractivity (Wildman–Crippen MR) is 107 cm³/mol. The molecule has 0 aliphatic carbocycles. The number of nitrogens with one attached hydrogen (secondary N) is 1. The van der Waals surface area contributed by atoms with Gasteiger partial charge in [-0.05, 0) is 31.9 Å². The van der Waals surface area contributed by atoms with Crippen LogP contribution >= 0.6 is 0 Å². The lowest BCUT2D eigenvalue weighted by atomic mass is 9.98. The van der Waals surface area contributed by atoms with Gasteiger partial charge in [-0.25, -0.2) is 9.97 Å². The van der Waals surface area contributed by atoms with E-state index in [1.54, 1.807) is 43.2 Å². The van der Waals surface area contributed by atoms with E-state index in [1.807, 2.05) is 0 Å². The summed E-state index contributed by atoms with van der Waals surface area (Å²) in [5.41, 5.74) is 0.361. The van der Waals surface area contributed by atoms with Gasteiger partial charge < -0.3 is 19.7 Å². The van der Waals surface area contributed by atoms with E-state index in [9.17, 15) is 14.9 Å². The molecule has 2 aromatic rings. The van der Waals surface area contributed by atoms with Gasteiger partial charge in [0.25, 0.3) is 0 Å². The Morgan fingerprint density at radius 2 is 2.24 bits per heavy atom. The Hall–Kier alpha value is -3.43. The number of hydrogen-bond donors (Lipinski definition) is 1. The second-order valence-electron chi connectivity index (χ2n) is 6.55. The van der Waals surface area contributed by atoms with Crippen LogP contribution in [0.4, 0.5) is 23.0 Å². The van der Waals surface area contributed by atoms with Gasteiger partial charge in [0.1, 0.15) is 12.1 Å². The molecule has 29 heavy (non-hydrogen) atoms. The number of methoxy groups -OCH3 is 1. The van der Waals surface area contributed by atoms with Gasteiger partial charge in [0, 0.05) is 24.8 Å². The molecule has 1 unspecified atom stereocenters. The number of benzene rings is 1. The maximum atomic E-state index is 12.1. The van der Waals surface area contributed by atoms with Gasteiger partial charge in [-0.2, -0.15) is 0 Å². The average molecular weight is 401 g/mol. The van der Waals surface area contributed by atoms with Gasteiger partial charge >= 0.3 is 11.7 Å². The van der Waals surface area contributed by atoms with Crippen LogP contribution < -0.4 is 15.0 Å². The molecule has 1 aromatic carbocycles. The van der Waals surface area contributed by atoms with Crippen LogP contribution in [0.25, 0.3) is 0 Å². The van der Waals surface area contributed by atoms with Crippen molar-refractivity contribution < 1.29 is 19.2 Å². The van der Waals surface area contributed by atoms with E-state index in [0.29, 0.717) is 44.0 Å². The van der Waals surface area contributed by atoms with Crippen molar-refractivity contribution >= 4 is 29.0 Å². The largest absolute Gasteiger partial charge is 0.497 e. The maximum Gasteiger partial charge on any atom is 0.353 e. The summed E-state index contributed by atoms with van der Waals surface area (Å²) in [5.74, 6) is 0.243. The van der Waals surface area contributed by atoms with Gasteiger partial charge in [0.05, 0.1) is 24.6 Å². The normalized spacial score (nSPS) is 16.2. The molecule has 1 aliphatic rings. The van der Waals surface area contributed by atoms with Gasteiger partial charge in [-0.1, -0.05) is 6.07 Å². The Kier molecular flexibility index (Phi) is 6.43. The first-order valence-electron chi connectivity index (χ1n) is 9.35. The van der Waals surface area contributed by atoms with E-state index in [2.05, 4.69) is 15.3 Å². The molecule has 1 fully saturated rings. The van der Waals surface area contributed by atoms with Crippen LogP contribution in [0.3, 0.4) is 0 Å². The number of nitro groups is 1. The molecule has 1 aliphatic heterocycles. The Balaban J connectivity index is 1.90. The number of hydrogen-bond acceptors (Lipinski definition) is 9. The fourth-order valence-corrected chi connectivity index (χ4v) is 3.32. The van der Waals surface area contributed by atoms with E-state index in [0.717, 1.165) is 0 Å². The molecule has 1 atom stereocenters. The summed E-state index contributed by atoms with van der Waals surface area (Å²) in [6.07, 6.45) is 2.67. The molecule has 0 spiro atoms. The van der Waals surface area contributed by atoms with Crippen molar-refractivity contribution in [3.8, 4) is 5.75 Å². The van der Waals surface area contributed by atoms with Crippen molar-refractivity contribution in [3.05, 3.63) is 40.7 Å². The summed E-state index contributed by atoms with van der Waals surface area (Å²) < 4.78 is 10.3. The number of piperidine rings is 1. The third-order valence-electron chi connectivity index (χ3n) is 4.66. The molecule has 1 N–H and O–H groups in total. The predicted octanol–water partition coefficient (Wildman–Crippen LogP) is 2.92. The number of ether oxygens (including phenoxy) is 2. The Morgan fingerprint density at radius 3 is 2.97 bits per heavy atom. The van der Waals surface area contributed by atoms with Crippen LogP contribution in [0.15, 0.2) is 30.6 Å². The second-order valence-corrected chi connectivity index (χ2v) is 6.55. The first-order valence-corrected chi connectivity index (χ1v) is 9.35. The molecule has 1 saturated heterocycles. The molecule has 0 bridgehead atoms. The number of carbonyl (C=O) groups is 1. The summed E-state index contributed by atoms with van der Waals surface area (Å²) >= 11 is 0. The topological polar surface area (TPSA) is 120 Å². The van der Waals surface area contributed by atoms with Gasteiger partial charge in [-0.15, -0.1) is 0 Å². The van der Waals surface area contributed by atoms with Gasteiger partial charge in [0.2, 0.25) is 11.6 Å². The van der Waals surface area contributed by atoms with Crippen molar-refractivity contribution in [3.63, 3.8) is 0 Å². The van der Waals surface area contributed by atoms with Crippen LogP contribution in [-0.4, -0.2) is 47.7 Å².